The number of non-ortho nitro benzene ring substituents is 1. The molecule has 0 heterocycles. The predicted octanol–water partition coefficient (Wildman–Crippen LogP) is 6.93. The van der Waals surface area contributed by atoms with Crippen molar-refractivity contribution in [2.75, 3.05) is 5.32 Å². The van der Waals surface area contributed by atoms with Crippen LogP contribution in [0.4, 0.5) is 11.4 Å². The molecule has 40 heavy (non-hydrogen) atoms. The Morgan fingerprint density at radius 1 is 0.750 bits per heavy atom. The first-order chi connectivity index (χ1) is 19.0. The molecule has 0 saturated heterocycles. The van der Waals surface area contributed by atoms with Crippen molar-refractivity contribution in [2.24, 2.45) is 0 Å². The zero-order valence-corrected chi connectivity index (χ0v) is 22.3. The number of carbonyl (C=O) groups excluding carboxylic acids is 3. The SMILES string of the molecule is CC(C)(C)c1ccc(C(=O)Nc2ccc(C(=O)O[C@H](C(=O)c3ccccc3)c3ccc([N+](=O)[O-])cc3)cc2)cc1. The second-order valence-corrected chi connectivity index (χ2v) is 10.2. The number of Topliss-reactive ketones (excluding diaryl/α,β-unsaturated/α-hetero) is 1. The van der Waals surface area contributed by atoms with Gasteiger partial charge in [0, 0.05) is 34.5 Å². The summed E-state index contributed by atoms with van der Waals surface area (Å²) in [5.74, 6) is -1.52. The molecule has 0 fully saturated rings. The molecule has 0 aromatic heterocycles. The van der Waals surface area contributed by atoms with Crippen LogP contribution in [0.15, 0.2) is 103 Å². The zero-order valence-electron chi connectivity index (χ0n) is 22.3. The number of nitro groups is 1. The summed E-state index contributed by atoms with van der Waals surface area (Å²) in [6.45, 7) is 6.29. The van der Waals surface area contributed by atoms with Crippen molar-refractivity contribution in [1.29, 1.82) is 0 Å². The monoisotopic (exact) mass is 536 g/mol. The first-order valence-corrected chi connectivity index (χ1v) is 12.6. The van der Waals surface area contributed by atoms with Gasteiger partial charge in [-0.1, -0.05) is 63.2 Å². The fourth-order valence-corrected chi connectivity index (χ4v) is 3.99. The van der Waals surface area contributed by atoms with E-state index < -0.39 is 22.8 Å². The van der Waals surface area contributed by atoms with E-state index in [0.717, 1.165) is 5.56 Å². The highest BCUT2D eigenvalue weighted by Gasteiger charge is 2.27. The molecule has 8 heteroatoms. The van der Waals surface area contributed by atoms with Crippen molar-refractivity contribution in [2.45, 2.75) is 32.3 Å². The number of benzene rings is 4. The van der Waals surface area contributed by atoms with Crippen molar-refractivity contribution in [3.05, 3.63) is 141 Å². The van der Waals surface area contributed by atoms with Crippen molar-refractivity contribution in [3.8, 4) is 0 Å². The molecule has 1 N–H and O–H groups in total. The summed E-state index contributed by atoms with van der Waals surface area (Å²) in [7, 11) is 0. The molecular formula is C32H28N2O6. The number of nitrogens with one attached hydrogen (secondary N) is 1. The van der Waals surface area contributed by atoms with Crippen LogP contribution in [0, 0.1) is 10.1 Å². The lowest BCUT2D eigenvalue weighted by Gasteiger charge is -2.19. The van der Waals surface area contributed by atoms with Gasteiger partial charge in [0.25, 0.3) is 11.6 Å². The Hall–Kier alpha value is -5.11. The number of esters is 1. The van der Waals surface area contributed by atoms with Gasteiger partial charge in [0.1, 0.15) is 0 Å². The van der Waals surface area contributed by atoms with Crippen LogP contribution in [0.3, 0.4) is 0 Å². The van der Waals surface area contributed by atoms with E-state index in [2.05, 4.69) is 26.1 Å². The summed E-state index contributed by atoms with van der Waals surface area (Å²) >= 11 is 0. The van der Waals surface area contributed by atoms with Gasteiger partial charge < -0.3 is 10.1 Å². The maximum absolute atomic E-state index is 13.3. The maximum atomic E-state index is 13.3. The smallest absolute Gasteiger partial charge is 0.339 e. The molecule has 0 spiro atoms. The maximum Gasteiger partial charge on any atom is 0.339 e. The Morgan fingerprint density at radius 2 is 1.32 bits per heavy atom. The van der Waals surface area contributed by atoms with Crippen LogP contribution in [0.1, 0.15) is 69.1 Å². The van der Waals surface area contributed by atoms with Crippen LogP contribution < -0.4 is 5.32 Å². The molecule has 4 rings (SSSR count). The average molecular weight is 537 g/mol. The number of rotatable bonds is 8. The summed E-state index contributed by atoms with van der Waals surface area (Å²) in [5.41, 5.74) is 2.72. The molecule has 4 aromatic carbocycles. The van der Waals surface area contributed by atoms with Gasteiger partial charge >= 0.3 is 5.97 Å². The second-order valence-electron chi connectivity index (χ2n) is 10.2. The third kappa shape index (κ3) is 6.66. The van der Waals surface area contributed by atoms with Crippen LogP contribution in [0.25, 0.3) is 0 Å². The van der Waals surface area contributed by atoms with Gasteiger partial charge in [-0.25, -0.2) is 4.79 Å². The lowest BCUT2D eigenvalue weighted by atomic mass is 9.87. The van der Waals surface area contributed by atoms with Crippen LogP contribution >= 0.6 is 0 Å². The molecule has 1 atom stereocenters. The molecule has 0 unspecified atom stereocenters. The summed E-state index contributed by atoms with van der Waals surface area (Å²) < 4.78 is 5.62. The average Bonchev–Trinajstić information content (AvgIpc) is 2.96. The number of nitrogens with zero attached hydrogens (tertiary/aromatic N) is 1. The van der Waals surface area contributed by atoms with E-state index in [9.17, 15) is 24.5 Å². The van der Waals surface area contributed by atoms with Gasteiger partial charge in [0.05, 0.1) is 10.5 Å². The van der Waals surface area contributed by atoms with Gasteiger partial charge in [-0.3, -0.25) is 19.7 Å². The Labute approximate surface area is 231 Å². The lowest BCUT2D eigenvalue weighted by molar-refractivity contribution is -0.384. The van der Waals surface area contributed by atoms with E-state index in [1.54, 1.807) is 54.6 Å². The van der Waals surface area contributed by atoms with Gasteiger partial charge in [-0.15, -0.1) is 0 Å². The molecule has 0 aliphatic rings. The van der Waals surface area contributed by atoms with E-state index in [0.29, 0.717) is 22.4 Å². The van der Waals surface area contributed by atoms with Crippen LogP contribution in [0.2, 0.25) is 0 Å². The fraction of sp³-hybridized carbons (Fsp3) is 0.156. The van der Waals surface area contributed by atoms with E-state index in [-0.39, 0.29) is 22.6 Å². The van der Waals surface area contributed by atoms with Crippen molar-refractivity contribution < 1.29 is 24.0 Å². The number of hydrogen-bond acceptors (Lipinski definition) is 6. The molecule has 0 bridgehead atoms. The van der Waals surface area contributed by atoms with Crippen LogP contribution in [-0.4, -0.2) is 22.6 Å². The molecule has 1 amide bonds. The van der Waals surface area contributed by atoms with Gasteiger partial charge in [0.15, 0.2) is 6.10 Å². The minimum atomic E-state index is -1.31. The molecular weight excluding hydrogens is 508 g/mol. The van der Waals surface area contributed by atoms with E-state index in [1.807, 2.05) is 12.1 Å². The first kappa shape index (κ1) is 27.9. The first-order valence-electron chi connectivity index (χ1n) is 12.6. The summed E-state index contributed by atoms with van der Waals surface area (Å²) in [6.07, 6.45) is -1.31. The highest BCUT2D eigenvalue weighted by atomic mass is 16.6. The highest BCUT2D eigenvalue weighted by molar-refractivity contribution is 6.05. The molecule has 0 aliphatic carbocycles. The standard InChI is InChI=1S/C32H28N2O6/c1-32(2,3)25-15-9-23(10-16-25)30(36)33-26-17-11-24(12-18-26)31(37)40-29(28(35)21-7-5-4-6-8-21)22-13-19-27(20-14-22)34(38)39/h4-20,29H,1-3H3,(H,33,36)/t29-/m0/s1. The Kier molecular flexibility index (Phi) is 8.19. The van der Waals surface area contributed by atoms with E-state index in [1.165, 1.54) is 36.4 Å². The molecule has 0 radical (unpaired) electrons. The number of ether oxygens (including phenoxy) is 1. The zero-order chi connectivity index (χ0) is 28.9. The minimum absolute atomic E-state index is 0.0252. The van der Waals surface area contributed by atoms with Gasteiger partial charge in [0.2, 0.25) is 5.78 Å². The van der Waals surface area contributed by atoms with Crippen molar-refractivity contribution >= 4 is 29.0 Å². The topological polar surface area (TPSA) is 116 Å². The number of hydrogen-bond donors (Lipinski definition) is 1. The number of anilines is 1. The molecule has 4 aromatic rings. The van der Waals surface area contributed by atoms with Crippen molar-refractivity contribution in [1.82, 2.24) is 0 Å². The number of carbonyl (C=O) groups is 3. The van der Waals surface area contributed by atoms with E-state index >= 15 is 0 Å². The highest BCUT2D eigenvalue weighted by Crippen LogP contribution is 2.27. The number of ketones is 1. The lowest BCUT2D eigenvalue weighted by Crippen LogP contribution is -2.20. The third-order valence-electron chi connectivity index (χ3n) is 6.32. The Morgan fingerprint density at radius 3 is 1.88 bits per heavy atom. The molecule has 0 aliphatic heterocycles. The predicted molar refractivity (Wildman–Crippen MR) is 152 cm³/mol. The third-order valence-corrected chi connectivity index (χ3v) is 6.32. The van der Waals surface area contributed by atoms with Crippen molar-refractivity contribution in [3.63, 3.8) is 0 Å². The van der Waals surface area contributed by atoms with Crippen LogP contribution in [-0.2, 0) is 10.2 Å². The fourth-order valence-electron chi connectivity index (χ4n) is 3.99. The molecule has 8 nitrogen and oxygen atoms in total. The quantitative estimate of drug-likeness (QED) is 0.113. The molecule has 0 saturated carbocycles. The largest absolute Gasteiger partial charge is 0.445 e. The molecule has 202 valence electrons. The number of amides is 1. The number of nitro benzene ring substituents is 1. The van der Waals surface area contributed by atoms with Gasteiger partial charge in [-0.05, 0) is 59.5 Å². The Balaban J connectivity index is 1.49. The van der Waals surface area contributed by atoms with Gasteiger partial charge in [-0.2, -0.15) is 0 Å². The second kappa shape index (κ2) is 11.7. The van der Waals surface area contributed by atoms with Crippen LogP contribution in [0.5, 0.6) is 0 Å². The summed E-state index contributed by atoms with van der Waals surface area (Å²) in [4.78, 5) is 49.5. The van der Waals surface area contributed by atoms with E-state index in [4.69, 9.17) is 4.74 Å². The normalized spacial score (nSPS) is 11.8. The Bertz CT molecular complexity index is 1520. The minimum Gasteiger partial charge on any atom is -0.445 e. The summed E-state index contributed by atoms with van der Waals surface area (Å²) in [6, 6.07) is 27.1. The summed E-state index contributed by atoms with van der Waals surface area (Å²) in [5, 5.41) is 13.9.